The summed E-state index contributed by atoms with van der Waals surface area (Å²) in [6.45, 7) is 6.70. The highest BCUT2D eigenvalue weighted by molar-refractivity contribution is 5.94. The summed E-state index contributed by atoms with van der Waals surface area (Å²) < 4.78 is 5.43. The third-order valence-electron chi connectivity index (χ3n) is 5.76. The molecule has 0 N–H and O–H groups in total. The third kappa shape index (κ3) is 4.57. The number of amides is 1. The van der Waals surface area contributed by atoms with Crippen LogP contribution in [0.15, 0.2) is 54.6 Å². The minimum Gasteiger partial charge on any atom is -0.379 e. The second kappa shape index (κ2) is 8.68. The number of likely N-dealkylation sites (tertiary alicyclic amines) is 1. The Bertz CT molecular complexity index is 731. The summed E-state index contributed by atoms with van der Waals surface area (Å²) >= 11 is 0. The molecule has 2 aliphatic rings. The molecule has 0 aromatic heterocycles. The molecule has 2 aromatic rings. The number of ether oxygens (including phenoxy) is 1. The van der Waals surface area contributed by atoms with Crippen molar-refractivity contribution in [2.24, 2.45) is 5.92 Å². The van der Waals surface area contributed by atoms with E-state index in [-0.39, 0.29) is 5.91 Å². The van der Waals surface area contributed by atoms with E-state index in [4.69, 9.17) is 4.74 Å². The van der Waals surface area contributed by atoms with Crippen LogP contribution < -0.4 is 0 Å². The molecular weight excluding hydrogens is 336 g/mol. The van der Waals surface area contributed by atoms with Gasteiger partial charge in [-0.2, -0.15) is 0 Å². The van der Waals surface area contributed by atoms with Gasteiger partial charge >= 0.3 is 0 Å². The van der Waals surface area contributed by atoms with Crippen LogP contribution in [0.25, 0.3) is 11.1 Å². The second-order valence-corrected chi connectivity index (χ2v) is 7.59. The first-order chi connectivity index (χ1) is 13.3. The summed E-state index contributed by atoms with van der Waals surface area (Å²) in [5.74, 6) is 0.868. The average molecular weight is 364 g/mol. The zero-order valence-electron chi connectivity index (χ0n) is 15.8. The van der Waals surface area contributed by atoms with Gasteiger partial charge in [0.25, 0.3) is 5.91 Å². The molecule has 0 saturated carbocycles. The third-order valence-corrected chi connectivity index (χ3v) is 5.76. The fraction of sp³-hybridized carbons (Fsp3) is 0.435. The van der Waals surface area contributed by atoms with E-state index in [0.29, 0.717) is 5.92 Å². The van der Waals surface area contributed by atoms with Crippen molar-refractivity contribution in [2.45, 2.75) is 12.8 Å². The standard InChI is InChI=1S/C23H28N2O2/c26-23(22-8-6-21(7-9-22)20-4-2-1-3-5-20)25-12-10-19(11-13-25)18-24-14-16-27-17-15-24/h1-9,19H,10-18H2. The fourth-order valence-electron chi connectivity index (χ4n) is 4.09. The molecule has 0 spiro atoms. The summed E-state index contributed by atoms with van der Waals surface area (Å²) in [7, 11) is 0. The smallest absolute Gasteiger partial charge is 0.253 e. The Morgan fingerprint density at radius 2 is 1.48 bits per heavy atom. The normalized spacial score (nSPS) is 19.2. The van der Waals surface area contributed by atoms with E-state index in [0.717, 1.165) is 69.9 Å². The summed E-state index contributed by atoms with van der Waals surface area (Å²) in [5.41, 5.74) is 3.12. The van der Waals surface area contributed by atoms with Crippen LogP contribution in [0.1, 0.15) is 23.2 Å². The first-order valence-electron chi connectivity index (χ1n) is 10.0. The summed E-state index contributed by atoms with van der Waals surface area (Å²) in [6, 6.07) is 18.3. The quantitative estimate of drug-likeness (QED) is 0.832. The first-order valence-corrected chi connectivity index (χ1v) is 10.0. The van der Waals surface area contributed by atoms with Crippen molar-refractivity contribution in [3.8, 4) is 11.1 Å². The van der Waals surface area contributed by atoms with Crippen molar-refractivity contribution >= 4 is 5.91 Å². The lowest BCUT2D eigenvalue weighted by Gasteiger charge is -2.36. The molecule has 4 heteroatoms. The summed E-state index contributed by atoms with van der Waals surface area (Å²) in [6.07, 6.45) is 2.20. The van der Waals surface area contributed by atoms with Gasteiger partial charge in [-0.15, -0.1) is 0 Å². The number of hydrogen-bond acceptors (Lipinski definition) is 3. The molecule has 2 fully saturated rings. The molecule has 0 bridgehead atoms. The Kier molecular flexibility index (Phi) is 5.85. The van der Waals surface area contributed by atoms with Gasteiger partial charge in [0, 0.05) is 38.3 Å². The van der Waals surface area contributed by atoms with Crippen molar-refractivity contribution in [3.05, 3.63) is 60.2 Å². The van der Waals surface area contributed by atoms with Crippen LogP contribution in [0.5, 0.6) is 0 Å². The number of benzene rings is 2. The first kappa shape index (κ1) is 18.2. The minimum atomic E-state index is 0.166. The number of hydrogen-bond donors (Lipinski definition) is 0. The van der Waals surface area contributed by atoms with Crippen molar-refractivity contribution in [1.29, 1.82) is 0 Å². The van der Waals surface area contributed by atoms with Crippen LogP contribution in [0.2, 0.25) is 0 Å². The molecule has 0 aliphatic carbocycles. The number of carbonyl (C=O) groups excluding carboxylic acids is 1. The molecule has 0 radical (unpaired) electrons. The summed E-state index contributed by atoms with van der Waals surface area (Å²) in [5, 5.41) is 0. The van der Waals surface area contributed by atoms with Crippen LogP contribution in [-0.4, -0.2) is 61.6 Å². The maximum absolute atomic E-state index is 12.8. The van der Waals surface area contributed by atoms with Crippen molar-refractivity contribution in [2.75, 3.05) is 45.9 Å². The van der Waals surface area contributed by atoms with Crippen molar-refractivity contribution in [3.63, 3.8) is 0 Å². The number of rotatable bonds is 4. The van der Waals surface area contributed by atoms with Gasteiger partial charge in [0.05, 0.1) is 13.2 Å². The highest BCUT2D eigenvalue weighted by Crippen LogP contribution is 2.23. The highest BCUT2D eigenvalue weighted by Gasteiger charge is 2.25. The number of carbonyl (C=O) groups is 1. The predicted molar refractivity (Wildman–Crippen MR) is 108 cm³/mol. The number of nitrogens with zero attached hydrogens (tertiary/aromatic N) is 2. The van der Waals surface area contributed by atoms with E-state index in [1.165, 1.54) is 5.56 Å². The Morgan fingerprint density at radius 1 is 0.852 bits per heavy atom. The average Bonchev–Trinajstić information content (AvgIpc) is 2.75. The van der Waals surface area contributed by atoms with Gasteiger partial charge in [-0.05, 0) is 42.0 Å². The van der Waals surface area contributed by atoms with Crippen LogP contribution in [-0.2, 0) is 4.74 Å². The Balaban J connectivity index is 1.31. The van der Waals surface area contributed by atoms with Crippen molar-refractivity contribution < 1.29 is 9.53 Å². The zero-order valence-corrected chi connectivity index (χ0v) is 15.8. The van der Waals surface area contributed by atoms with E-state index in [9.17, 15) is 4.79 Å². The van der Waals surface area contributed by atoms with Crippen LogP contribution in [0.3, 0.4) is 0 Å². The van der Waals surface area contributed by atoms with E-state index >= 15 is 0 Å². The molecule has 2 saturated heterocycles. The van der Waals surface area contributed by atoms with Gasteiger partial charge < -0.3 is 9.64 Å². The molecule has 2 heterocycles. The van der Waals surface area contributed by atoms with Crippen LogP contribution in [0, 0.1) is 5.92 Å². The molecule has 4 nitrogen and oxygen atoms in total. The topological polar surface area (TPSA) is 32.8 Å². The maximum atomic E-state index is 12.8. The molecule has 27 heavy (non-hydrogen) atoms. The monoisotopic (exact) mass is 364 g/mol. The van der Waals surface area contributed by atoms with Gasteiger partial charge in [0.15, 0.2) is 0 Å². The molecule has 4 rings (SSSR count). The van der Waals surface area contributed by atoms with Gasteiger partial charge in [0.1, 0.15) is 0 Å². The Morgan fingerprint density at radius 3 is 2.15 bits per heavy atom. The molecule has 142 valence electrons. The molecule has 1 amide bonds. The lowest BCUT2D eigenvalue weighted by molar-refractivity contribution is 0.0243. The number of piperidine rings is 1. The van der Waals surface area contributed by atoms with E-state index in [1.807, 2.05) is 47.4 Å². The molecule has 0 unspecified atom stereocenters. The van der Waals surface area contributed by atoms with Gasteiger partial charge in [-0.25, -0.2) is 0 Å². The maximum Gasteiger partial charge on any atom is 0.253 e. The highest BCUT2D eigenvalue weighted by atomic mass is 16.5. The molecular formula is C23H28N2O2. The Labute approximate surface area is 161 Å². The van der Waals surface area contributed by atoms with Gasteiger partial charge in [-0.3, -0.25) is 9.69 Å². The predicted octanol–water partition coefficient (Wildman–Crippen LogP) is 3.54. The fourth-order valence-corrected chi connectivity index (χ4v) is 4.09. The molecule has 2 aliphatic heterocycles. The largest absolute Gasteiger partial charge is 0.379 e. The van der Waals surface area contributed by atoms with Crippen LogP contribution >= 0.6 is 0 Å². The van der Waals surface area contributed by atoms with E-state index in [1.54, 1.807) is 0 Å². The van der Waals surface area contributed by atoms with E-state index < -0.39 is 0 Å². The zero-order chi connectivity index (χ0) is 18.5. The lowest BCUT2D eigenvalue weighted by Crippen LogP contribution is -2.44. The molecule has 0 atom stereocenters. The summed E-state index contributed by atoms with van der Waals surface area (Å²) in [4.78, 5) is 17.4. The number of morpholine rings is 1. The second-order valence-electron chi connectivity index (χ2n) is 7.59. The van der Waals surface area contributed by atoms with Crippen LogP contribution in [0.4, 0.5) is 0 Å². The minimum absolute atomic E-state index is 0.166. The van der Waals surface area contributed by atoms with Crippen molar-refractivity contribution in [1.82, 2.24) is 9.80 Å². The Hall–Kier alpha value is -2.17. The van der Waals surface area contributed by atoms with Gasteiger partial charge in [-0.1, -0.05) is 42.5 Å². The van der Waals surface area contributed by atoms with Gasteiger partial charge in [0.2, 0.25) is 0 Å². The SMILES string of the molecule is O=C(c1ccc(-c2ccccc2)cc1)N1CCC(CN2CCOCC2)CC1. The lowest BCUT2D eigenvalue weighted by atomic mass is 9.95. The molecule has 2 aromatic carbocycles. The van der Waals surface area contributed by atoms with E-state index in [2.05, 4.69) is 17.0 Å².